The van der Waals surface area contributed by atoms with Crippen LogP contribution in [0, 0.1) is 5.92 Å². The number of amides is 5. The molecule has 48 heavy (non-hydrogen) atoms. The Morgan fingerprint density at radius 3 is 2.25 bits per heavy atom. The lowest BCUT2D eigenvalue weighted by Gasteiger charge is -2.36. The molecule has 2 fully saturated rings. The van der Waals surface area contributed by atoms with Crippen LogP contribution in [0.1, 0.15) is 97.0 Å². The summed E-state index contributed by atoms with van der Waals surface area (Å²) in [7, 11) is 1.54. The van der Waals surface area contributed by atoms with E-state index in [1.54, 1.807) is 4.90 Å². The van der Waals surface area contributed by atoms with Gasteiger partial charge in [0.05, 0.1) is 0 Å². The number of alkyl carbamates (subject to hydrolysis) is 1. The van der Waals surface area contributed by atoms with Gasteiger partial charge in [0.1, 0.15) is 17.9 Å². The van der Waals surface area contributed by atoms with Crippen LogP contribution in [0.4, 0.5) is 10.5 Å². The van der Waals surface area contributed by atoms with Gasteiger partial charge >= 0.3 is 6.09 Å². The van der Waals surface area contributed by atoms with Crippen molar-refractivity contribution in [3.05, 3.63) is 29.3 Å². The van der Waals surface area contributed by atoms with E-state index in [1.807, 2.05) is 73.6 Å². The second kappa shape index (κ2) is 21.1. The molecular weight excluding hydrogens is 616 g/mol. The van der Waals surface area contributed by atoms with E-state index in [0.717, 1.165) is 50.3 Å². The van der Waals surface area contributed by atoms with E-state index in [0.29, 0.717) is 37.9 Å². The number of benzene rings is 1. The topological polar surface area (TPSA) is 157 Å². The average Bonchev–Trinajstić information content (AvgIpc) is 3.39. The number of piperidine rings is 1. The van der Waals surface area contributed by atoms with Crippen LogP contribution >= 0.6 is 0 Å². The summed E-state index contributed by atoms with van der Waals surface area (Å²) in [5, 5.41) is 7.65. The molecule has 3 N–H and O–H groups in total. The van der Waals surface area contributed by atoms with Gasteiger partial charge in [-0.3, -0.25) is 29.4 Å². The van der Waals surface area contributed by atoms with Crippen molar-refractivity contribution < 1.29 is 33.5 Å². The number of piperazine rings is 1. The summed E-state index contributed by atoms with van der Waals surface area (Å²) in [6.45, 7) is 20.4. The monoisotopic (exact) mass is 674 g/mol. The molecule has 0 radical (unpaired) electrons. The Labute approximate surface area is 286 Å². The summed E-state index contributed by atoms with van der Waals surface area (Å²) in [4.78, 5) is 75.3. The first kappa shape index (κ1) is 42.0. The lowest BCUT2D eigenvalue weighted by Crippen LogP contribution is -2.48. The minimum atomic E-state index is -0.661. The first-order chi connectivity index (χ1) is 22.8. The number of imide groups is 1. The quantitative estimate of drug-likeness (QED) is 0.264. The van der Waals surface area contributed by atoms with E-state index in [2.05, 4.69) is 25.8 Å². The molecule has 0 aliphatic carbocycles. The second-order valence-corrected chi connectivity index (χ2v) is 12.3. The molecule has 13 heteroatoms. The number of nitrogens with zero attached hydrogens (tertiary/aromatic N) is 3. The molecule has 3 aliphatic rings. The summed E-state index contributed by atoms with van der Waals surface area (Å²) in [6.07, 6.45) is 2.09. The number of likely N-dealkylation sites (N-methyl/N-ethyl adjacent to an activating group) is 1. The van der Waals surface area contributed by atoms with Gasteiger partial charge in [-0.2, -0.15) is 0 Å². The molecule has 4 rings (SSSR count). The van der Waals surface area contributed by atoms with Gasteiger partial charge in [-0.25, -0.2) is 4.79 Å². The Morgan fingerprint density at radius 1 is 1.06 bits per heavy atom. The van der Waals surface area contributed by atoms with E-state index in [1.165, 1.54) is 7.05 Å². The smallest absolute Gasteiger partial charge is 0.407 e. The zero-order chi connectivity index (χ0) is 36.4. The maximum Gasteiger partial charge on any atom is 0.407 e. The predicted octanol–water partition coefficient (Wildman–Crippen LogP) is 3.49. The summed E-state index contributed by atoms with van der Waals surface area (Å²) in [6, 6.07) is 5.17. The Hall–Kier alpha value is -4.00. The van der Waals surface area contributed by atoms with Crippen molar-refractivity contribution in [1.29, 1.82) is 0 Å². The van der Waals surface area contributed by atoms with Crippen LogP contribution in [0.15, 0.2) is 18.2 Å². The molecule has 5 amide bonds. The molecule has 0 aromatic heterocycles. The van der Waals surface area contributed by atoms with Gasteiger partial charge in [-0.15, -0.1) is 0 Å². The van der Waals surface area contributed by atoms with Crippen LogP contribution in [-0.2, 0) is 30.5 Å². The highest BCUT2D eigenvalue weighted by molar-refractivity contribution is 6.01. The van der Waals surface area contributed by atoms with Crippen LogP contribution in [0.2, 0.25) is 0 Å². The van der Waals surface area contributed by atoms with Crippen molar-refractivity contribution in [2.45, 2.75) is 99.3 Å². The number of fused-ring (bicyclic) bond motifs is 1. The maximum absolute atomic E-state index is 13.0. The van der Waals surface area contributed by atoms with E-state index in [-0.39, 0.29) is 36.0 Å². The number of ether oxygens (including phenoxy) is 1. The fraction of sp³-hybridized carbons (Fsp3) is 0.657. The number of hydrogen-bond donors (Lipinski definition) is 3. The fourth-order valence-corrected chi connectivity index (χ4v) is 5.26. The summed E-state index contributed by atoms with van der Waals surface area (Å²) in [5.41, 5.74) is 2.05. The molecule has 0 spiro atoms. The third-order valence-electron chi connectivity index (χ3n) is 7.75. The zero-order valence-corrected chi connectivity index (χ0v) is 30.4. The van der Waals surface area contributed by atoms with Crippen LogP contribution < -0.4 is 20.9 Å². The van der Waals surface area contributed by atoms with E-state index in [4.69, 9.17) is 4.74 Å². The van der Waals surface area contributed by atoms with Gasteiger partial charge in [-0.1, -0.05) is 34.6 Å². The van der Waals surface area contributed by atoms with E-state index >= 15 is 0 Å². The number of aldehydes is 1. The minimum Gasteiger partial charge on any atom is -0.444 e. The zero-order valence-electron chi connectivity index (χ0n) is 30.4. The molecule has 2 unspecified atom stereocenters. The number of carbonyl (C=O) groups excluding carboxylic acids is 6. The number of rotatable bonds is 9. The lowest BCUT2D eigenvalue weighted by molar-refractivity contribution is -0.136. The molecule has 1 aromatic carbocycles. The van der Waals surface area contributed by atoms with E-state index in [9.17, 15) is 28.8 Å². The van der Waals surface area contributed by atoms with Crippen molar-refractivity contribution in [1.82, 2.24) is 25.8 Å². The largest absolute Gasteiger partial charge is 0.444 e. The number of carbonyl (C=O) groups is 6. The third kappa shape index (κ3) is 13.2. The summed E-state index contributed by atoms with van der Waals surface area (Å²) < 4.78 is 5.27. The van der Waals surface area contributed by atoms with Crippen molar-refractivity contribution in [2.24, 2.45) is 5.92 Å². The van der Waals surface area contributed by atoms with Gasteiger partial charge in [-0.05, 0) is 57.4 Å². The normalized spacial score (nSPS) is 17.9. The highest BCUT2D eigenvalue weighted by atomic mass is 16.6. The molecular formula is C35H58N6O7. The lowest BCUT2D eigenvalue weighted by atomic mass is 10.0. The molecule has 3 aliphatic heterocycles. The van der Waals surface area contributed by atoms with Gasteiger partial charge in [0, 0.05) is 82.9 Å². The highest BCUT2D eigenvalue weighted by Crippen LogP contribution is 2.30. The molecule has 1 aromatic rings. The summed E-state index contributed by atoms with van der Waals surface area (Å²) in [5.74, 6) is -0.689. The molecule has 2 atom stereocenters. The Morgan fingerprint density at radius 2 is 1.71 bits per heavy atom. The SMILES string of the molecule is CC.CC.CC1CCC(=O)NC1=O.CNC(=O)C(CCC=O)N1Cc2cc(N3CCN(CCNC(=O)OC(C)(C)C)CC3)ccc2C1=O. The molecule has 270 valence electrons. The van der Waals surface area contributed by atoms with Gasteiger partial charge < -0.3 is 30.0 Å². The van der Waals surface area contributed by atoms with E-state index < -0.39 is 17.7 Å². The molecule has 2 saturated heterocycles. The van der Waals surface area contributed by atoms with Crippen LogP contribution in [0.3, 0.4) is 0 Å². The van der Waals surface area contributed by atoms with Crippen LogP contribution in [0.25, 0.3) is 0 Å². The van der Waals surface area contributed by atoms with Crippen LogP contribution in [0.5, 0.6) is 0 Å². The number of nitrogens with one attached hydrogen (secondary N) is 3. The molecule has 0 bridgehead atoms. The van der Waals surface area contributed by atoms with Crippen molar-refractivity contribution >= 4 is 41.7 Å². The predicted molar refractivity (Wildman–Crippen MR) is 187 cm³/mol. The number of hydrogen-bond acceptors (Lipinski definition) is 9. The van der Waals surface area contributed by atoms with Crippen molar-refractivity contribution in [2.75, 3.05) is 51.2 Å². The van der Waals surface area contributed by atoms with Gasteiger partial charge in [0.15, 0.2) is 0 Å². The Bertz CT molecular complexity index is 1220. The molecule has 13 nitrogen and oxygen atoms in total. The highest BCUT2D eigenvalue weighted by Gasteiger charge is 2.36. The maximum atomic E-state index is 13.0. The molecule has 3 heterocycles. The van der Waals surface area contributed by atoms with Crippen LogP contribution in [-0.4, -0.2) is 104 Å². The first-order valence-corrected chi connectivity index (χ1v) is 17.2. The first-order valence-electron chi connectivity index (χ1n) is 17.2. The van der Waals surface area contributed by atoms with Gasteiger partial charge in [0.2, 0.25) is 17.7 Å². The van der Waals surface area contributed by atoms with Crippen molar-refractivity contribution in [3.8, 4) is 0 Å². The second-order valence-electron chi connectivity index (χ2n) is 12.3. The van der Waals surface area contributed by atoms with Crippen molar-refractivity contribution in [3.63, 3.8) is 0 Å². The molecule has 0 saturated carbocycles. The van der Waals surface area contributed by atoms with Gasteiger partial charge in [0.25, 0.3) is 5.91 Å². The Kier molecular flexibility index (Phi) is 18.4. The Balaban J connectivity index is 0.000000749. The number of anilines is 1. The summed E-state index contributed by atoms with van der Waals surface area (Å²) >= 11 is 0. The third-order valence-corrected chi connectivity index (χ3v) is 7.75. The minimum absolute atomic E-state index is 0.0164. The average molecular weight is 675 g/mol. The standard InChI is InChI=1S/C25H37N5O5.C6H9NO2.2C2H6/c1-25(2,3)35-24(34)27-9-10-28-11-13-29(14-12-28)19-7-8-20-18(16-19)17-30(23(20)33)21(6-5-15-31)22(32)26-4;1-4-2-3-5(8)7-6(4)9;2*1-2/h7-8,15-16,21H,5-6,9-14,17H2,1-4H3,(H,26,32)(H,27,34);4H,2-3H2,1H3,(H,7,8,9);2*1-2H3. The fourth-order valence-electron chi connectivity index (χ4n) is 5.26.